The number of fused-ring (bicyclic) bond motifs is 1. The van der Waals surface area contributed by atoms with Gasteiger partial charge in [-0.1, -0.05) is 0 Å². The van der Waals surface area contributed by atoms with Gasteiger partial charge in [-0.05, 0) is 31.5 Å². The number of carbonyl (C=O) groups excluding carboxylic acids is 3. The molecule has 9 nitrogen and oxygen atoms in total. The summed E-state index contributed by atoms with van der Waals surface area (Å²) in [7, 11) is 0. The smallest absolute Gasteiger partial charge is 0.270 e. The zero-order chi connectivity index (χ0) is 19.6. The number of aromatic nitrogens is 1. The summed E-state index contributed by atoms with van der Waals surface area (Å²) in [6, 6.07) is 7.08. The Morgan fingerprint density at radius 1 is 1.19 bits per heavy atom. The first kappa shape index (κ1) is 18.2. The summed E-state index contributed by atoms with van der Waals surface area (Å²) in [4.78, 5) is 51.9. The summed E-state index contributed by atoms with van der Waals surface area (Å²) in [5.41, 5.74) is 1.31. The summed E-state index contributed by atoms with van der Waals surface area (Å²) >= 11 is 0. The Hall–Kier alpha value is -3.62. The van der Waals surface area contributed by atoms with Crippen LogP contribution in [0.4, 0.5) is 11.4 Å². The van der Waals surface area contributed by atoms with Crippen molar-refractivity contribution >= 4 is 29.1 Å². The van der Waals surface area contributed by atoms with E-state index in [4.69, 9.17) is 0 Å². The number of amides is 3. The van der Waals surface area contributed by atoms with E-state index in [0.29, 0.717) is 5.69 Å². The number of anilines is 1. The van der Waals surface area contributed by atoms with Gasteiger partial charge in [0.1, 0.15) is 0 Å². The maximum Gasteiger partial charge on any atom is 0.270 e. The second-order valence-corrected chi connectivity index (χ2v) is 6.09. The molecular weight excluding hydrogens is 352 g/mol. The van der Waals surface area contributed by atoms with Gasteiger partial charge in [-0.2, -0.15) is 0 Å². The van der Waals surface area contributed by atoms with Crippen molar-refractivity contribution in [2.75, 3.05) is 11.9 Å². The van der Waals surface area contributed by atoms with Gasteiger partial charge < -0.3 is 5.32 Å². The quantitative estimate of drug-likeness (QED) is 0.474. The normalized spacial score (nSPS) is 12.9. The van der Waals surface area contributed by atoms with E-state index in [9.17, 15) is 24.5 Å². The maximum atomic E-state index is 12.4. The van der Waals surface area contributed by atoms with Crippen molar-refractivity contribution in [2.24, 2.45) is 0 Å². The third-order valence-electron chi connectivity index (χ3n) is 4.15. The molecule has 138 valence electrons. The van der Waals surface area contributed by atoms with E-state index < -0.39 is 16.7 Å². The molecule has 3 rings (SSSR count). The standard InChI is InChI=1S/C18H16N4O5/c1-11-4-5-12(10-19-11)20-16(23)3-2-8-21-17(24)14-7-6-13(22(26)27)9-15(14)18(21)25/h4-7,9-10H,2-3,8H2,1H3,(H,20,23). The van der Waals surface area contributed by atoms with Crippen LogP contribution in [0.1, 0.15) is 39.3 Å². The van der Waals surface area contributed by atoms with Crippen molar-refractivity contribution in [1.82, 2.24) is 9.88 Å². The van der Waals surface area contributed by atoms with Crippen LogP contribution < -0.4 is 5.32 Å². The summed E-state index contributed by atoms with van der Waals surface area (Å²) in [6.45, 7) is 1.89. The Bertz CT molecular complexity index is 939. The first-order valence-electron chi connectivity index (χ1n) is 8.24. The van der Waals surface area contributed by atoms with E-state index in [1.807, 2.05) is 6.92 Å². The van der Waals surface area contributed by atoms with Gasteiger partial charge in [-0.25, -0.2) is 0 Å². The average Bonchev–Trinajstić information content (AvgIpc) is 2.88. The summed E-state index contributed by atoms with van der Waals surface area (Å²) < 4.78 is 0. The number of imide groups is 1. The van der Waals surface area contributed by atoms with Crippen LogP contribution in [0.3, 0.4) is 0 Å². The van der Waals surface area contributed by atoms with Crippen molar-refractivity contribution in [1.29, 1.82) is 0 Å². The second-order valence-electron chi connectivity index (χ2n) is 6.09. The number of pyridine rings is 1. The van der Waals surface area contributed by atoms with E-state index in [1.54, 1.807) is 18.3 Å². The molecule has 9 heteroatoms. The summed E-state index contributed by atoms with van der Waals surface area (Å²) in [5, 5.41) is 13.5. The van der Waals surface area contributed by atoms with Crippen molar-refractivity contribution in [3.8, 4) is 0 Å². The molecule has 1 aliphatic rings. The Morgan fingerprint density at radius 2 is 1.93 bits per heavy atom. The molecule has 2 aromatic rings. The molecular formula is C18H16N4O5. The van der Waals surface area contributed by atoms with Gasteiger partial charge in [0, 0.05) is 30.8 Å². The van der Waals surface area contributed by atoms with Crippen LogP contribution in [0.2, 0.25) is 0 Å². The third-order valence-corrected chi connectivity index (χ3v) is 4.15. The number of hydrogen-bond donors (Lipinski definition) is 1. The van der Waals surface area contributed by atoms with E-state index in [1.165, 1.54) is 12.1 Å². The number of nitro benzene ring substituents is 1. The van der Waals surface area contributed by atoms with Crippen molar-refractivity contribution in [3.05, 3.63) is 63.5 Å². The molecule has 0 fully saturated rings. The lowest BCUT2D eigenvalue weighted by Crippen LogP contribution is -2.31. The van der Waals surface area contributed by atoms with Crippen LogP contribution in [-0.2, 0) is 4.79 Å². The van der Waals surface area contributed by atoms with Gasteiger partial charge in [0.05, 0.1) is 27.9 Å². The summed E-state index contributed by atoms with van der Waals surface area (Å²) in [6.07, 6.45) is 1.93. The molecule has 1 aromatic carbocycles. The van der Waals surface area contributed by atoms with Gasteiger partial charge in [0.25, 0.3) is 17.5 Å². The molecule has 0 spiro atoms. The topological polar surface area (TPSA) is 123 Å². The van der Waals surface area contributed by atoms with Crippen LogP contribution in [0.25, 0.3) is 0 Å². The van der Waals surface area contributed by atoms with Crippen LogP contribution in [0.5, 0.6) is 0 Å². The Balaban J connectivity index is 1.57. The van der Waals surface area contributed by atoms with Crippen molar-refractivity contribution in [3.63, 3.8) is 0 Å². The zero-order valence-electron chi connectivity index (χ0n) is 14.5. The third kappa shape index (κ3) is 3.81. The molecule has 1 aromatic heterocycles. The fourth-order valence-electron chi connectivity index (χ4n) is 2.76. The molecule has 3 amide bonds. The molecule has 27 heavy (non-hydrogen) atoms. The molecule has 0 radical (unpaired) electrons. The predicted octanol–water partition coefficient (Wildman–Crippen LogP) is 2.31. The van der Waals surface area contributed by atoms with E-state index >= 15 is 0 Å². The number of rotatable bonds is 6. The Morgan fingerprint density at radius 3 is 2.59 bits per heavy atom. The highest BCUT2D eigenvalue weighted by atomic mass is 16.6. The minimum absolute atomic E-state index is 0.0179. The Labute approximate surface area is 154 Å². The number of benzene rings is 1. The highest BCUT2D eigenvalue weighted by Gasteiger charge is 2.36. The lowest BCUT2D eigenvalue weighted by Gasteiger charge is -2.13. The number of carbonyl (C=O) groups is 3. The first-order valence-corrected chi connectivity index (χ1v) is 8.24. The van der Waals surface area contributed by atoms with Crippen LogP contribution >= 0.6 is 0 Å². The highest BCUT2D eigenvalue weighted by Crippen LogP contribution is 2.27. The minimum atomic E-state index is -0.620. The van der Waals surface area contributed by atoms with Gasteiger partial charge in [-0.15, -0.1) is 0 Å². The minimum Gasteiger partial charge on any atom is -0.325 e. The molecule has 0 bridgehead atoms. The molecule has 1 N–H and O–H groups in total. The monoisotopic (exact) mass is 368 g/mol. The van der Waals surface area contributed by atoms with Gasteiger partial charge in [-0.3, -0.25) is 34.4 Å². The first-order chi connectivity index (χ1) is 12.9. The largest absolute Gasteiger partial charge is 0.325 e. The summed E-state index contributed by atoms with van der Waals surface area (Å²) in [5.74, 6) is -1.34. The van der Waals surface area contributed by atoms with Crippen molar-refractivity contribution < 1.29 is 19.3 Å². The Kier molecular flexibility index (Phi) is 4.93. The maximum absolute atomic E-state index is 12.4. The van der Waals surface area contributed by atoms with E-state index in [2.05, 4.69) is 10.3 Å². The fraction of sp³-hybridized carbons (Fsp3) is 0.222. The van der Waals surface area contributed by atoms with Crippen LogP contribution in [0, 0.1) is 17.0 Å². The van der Waals surface area contributed by atoms with Gasteiger partial charge >= 0.3 is 0 Å². The van der Waals surface area contributed by atoms with E-state index in [0.717, 1.165) is 16.7 Å². The number of aryl methyl sites for hydroxylation is 1. The number of nitrogens with zero attached hydrogens (tertiary/aromatic N) is 3. The molecule has 0 aliphatic carbocycles. The number of hydrogen-bond acceptors (Lipinski definition) is 6. The lowest BCUT2D eigenvalue weighted by atomic mass is 10.1. The number of nitro groups is 1. The zero-order valence-corrected chi connectivity index (χ0v) is 14.5. The number of non-ortho nitro benzene ring substituents is 1. The fourth-order valence-corrected chi connectivity index (χ4v) is 2.76. The second kappa shape index (κ2) is 7.32. The SMILES string of the molecule is Cc1ccc(NC(=O)CCCN2C(=O)c3ccc([N+](=O)[O-])cc3C2=O)cn1. The predicted molar refractivity (Wildman–Crippen MR) is 95.3 cm³/mol. The van der Waals surface area contributed by atoms with Gasteiger partial charge in [0.15, 0.2) is 0 Å². The van der Waals surface area contributed by atoms with Crippen molar-refractivity contribution in [2.45, 2.75) is 19.8 Å². The lowest BCUT2D eigenvalue weighted by molar-refractivity contribution is -0.384. The molecule has 2 heterocycles. The molecule has 0 saturated heterocycles. The van der Waals surface area contributed by atoms with Crippen LogP contribution in [0.15, 0.2) is 36.5 Å². The van der Waals surface area contributed by atoms with E-state index in [-0.39, 0.29) is 42.1 Å². The molecule has 0 unspecified atom stereocenters. The molecule has 0 atom stereocenters. The highest BCUT2D eigenvalue weighted by molar-refractivity contribution is 6.21. The molecule has 1 aliphatic heterocycles. The van der Waals surface area contributed by atoms with Gasteiger partial charge in [0.2, 0.25) is 5.91 Å². The van der Waals surface area contributed by atoms with Crippen LogP contribution in [-0.4, -0.2) is 39.1 Å². The molecule has 0 saturated carbocycles. The number of nitrogens with one attached hydrogen (secondary N) is 1. The average molecular weight is 368 g/mol.